The van der Waals surface area contributed by atoms with Gasteiger partial charge in [0.2, 0.25) is 0 Å². The van der Waals surface area contributed by atoms with Crippen LogP contribution in [0.1, 0.15) is 37.7 Å². The van der Waals surface area contributed by atoms with E-state index in [0.29, 0.717) is 0 Å². The second kappa shape index (κ2) is 4.17. The molecule has 1 rings (SSSR count). The molecule has 86 valence electrons. The maximum Gasteiger partial charge on any atom is 0.0578 e. The van der Waals surface area contributed by atoms with Crippen LogP contribution in [0.25, 0.3) is 0 Å². The van der Waals surface area contributed by atoms with Gasteiger partial charge in [0, 0.05) is 16.0 Å². The molecule has 0 aliphatic carbocycles. The molecular formula is C13H23NS. The molecule has 15 heavy (non-hydrogen) atoms. The Kier molecular flexibility index (Phi) is 3.49. The van der Waals surface area contributed by atoms with Gasteiger partial charge in [-0.05, 0) is 38.0 Å². The standard InChI is InChI=1S/C13H23NS/c1-9-8-11(15(6)7)12(13(3,4)5)14-10(9)2/h8,15H,1-7H3. The Hall–Kier alpha value is -0.500. The molecule has 1 aromatic rings. The van der Waals surface area contributed by atoms with E-state index in [0.717, 1.165) is 0 Å². The van der Waals surface area contributed by atoms with Crippen molar-refractivity contribution in [3.05, 3.63) is 23.0 Å². The van der Waals surface area contributed by atoms with Gasteiger partial charge < -0.3 is 0 Å². The Morgan fingerprint density at radius 2 is 1.67 bits per heavy atom. The van der Waals surface area contributed by atoms with Crippen molar-refractivity contribution in [1.29, 1.82) is 0 Å². The van der Waals surface area contributed by atoms with Crippen LogP contribution in [-0.2, 0) is 5.41 Å². The quantitative estimate of drug-likeness (QED) is 0.720. The highest BCUT2D eigenvalue weighted by Crippen LogP contribution is 2.37. The van der Waals surface area contributed by atoms with Crippen LogP contribution in [0.2, 0.25) is 0 Å². The molecule has 2 heteroatoms. The van der Waals surface area contributed by atoms with E-state index in [4.69, 9.17) is 4.98 Å². The van der Waals surface area contributed by atoms with E-state index in [2.05, 4.69) is 53.2 Å². The Labute approximate surface area is 96.7 Å². The van der Waals surface area contributed by atoms with Crippen molar-refractivity contribution in [1.82, 2.24) is 4.98 Å². The molecule has 0 aliphatic heterocycles. The van der Waals surface area contributed by atoms with Gasteiger partial charge in [-0.25, -0.2) is 10.9 Å². The number of hydrogen-bond acceptors (Lipinski definition) is 1. The minimum Gasteiger partial charge on any atom is -0.256 e. The van der Waals surface area contributed by atoms with Crippen molar-refractivity contribution in [2.75, 3.05) is 12.5 Å². The number of nitrogens with zero attached hydrogens (tertiary/aromatic N) is 1. The van der Waals surface area contributed by atoms with Gasteiger partial charge in [-0.3, -0.25) is 4.98 Å². The summed E-state index contributed by atoms with van der Waals surface area (Å²) < 4.78 is 0. The van der Waals surface area contributed by atoms with Crippen LogP contribution >= 0.6 is 10.9 Å². The highest BCUT2D eigenvalue weighted by Gasteiger charge is 2.21. The minimum absolute atomic E-state index is 0.0717. The van der Waals surface area contributed by atoms with Crippen LogP contribution in [-0.4, -0.2) is 17.5 Å². The van der Waals surface area contributed by atoms with Crippen LogP contribution in [0.3, 0.4) is 0 Å². The smallest absolute Gasteiger partial charge is 0.0578 e. The molecule has 1 heterocycles. The average Bonchev–Trinajstić information content (AvgIpc) is 2.06. The zero-order chi connectivity index (χ0) is 11.8. The van der Waals surface area contributed by atoms with Gasteiger partial charge in [-0.1, -0.05) is 20.8 Å². The second-order valence-electron chi connectivity index (χ2n) is 5.40. The molecule has 0 atom stereocenters. The number of aryl methyl sites for hydroxylation is 2. The normalized spacial score (nSPS) is 12.9. The highest BCUT2D eigenvalue weighted by atomic mass is 32.2. The van der Waals surface area contributed by atoms with Gasteiger partial charge >= 0.3 is 0 Å². The predicted molar refractivity (Wildman–Crippen MR) is 71.5 cm³/mol. The first-order chi connectivity index (χ1) is 6.73. The van der Waals surface area contributed by atoms with Crippen LogP contribution in [0, 0.1) is 13.8 Å². The molecule has 0 bridgehead atoms. The van der Waals surface area contributed by atoms with Crippen molar-refractivity contribution < 1.29 is 0 Å². The van der Waals surface area contributed by atoms with Gasteiger partial charge in [0.05, 0.1) is 5.69 Å². The largest absolute Gasteiger partial charge is 0.256 e. The number of rotatable bonds is 1. The van der Waals surface area contributed by atoms with Gasteiger partial charge in [-0.2, -0.15) is 0 Å². The molecule has 0 amide bonds. The lowest BCUT2D eigenvalue weighted by atomic mass is 9.91. The molecule has 0 unspecified atom stereocenters. The van der Waals surface area contributed by atoms with E-state index in [9.17, 15) is 0 Å². The summed E-state index contributed by atoms with van der Waals surface area (Å²) in [6.07, 6.45) is 4.60. The number of thiol groups is 1. The lowest BCUT2D eigenvalue weighted by Crippen LogP contribution is -2.17. The minimum atomic E-state index is -0.0717. The van der Waals surface area contributed by atoms with E-state index < -0.39 is 0 Å². The molecule has 1 nitrogen and oxygen atoms in total. The van der Waals surface area contributed by atoms with Crippen molar-refractivity contribution in [3.63, 3.8) is 0 Å². The van der Waals surface area contributed by atoms with Crippen molar-refractivity contribution in [3.8, 4) is 0 Å². The molecule has 0 aromatic carbocycles. The maximum atomic E-state index is 4.78. The van der Waals surface area contributed by atoms with Crippen molar-refractivity contribution in [2.24, 2.45) is 0 Å². The monoisotopic (exact) mass is 225 g/mol. The molecule has 0 N–H and O–H groups in total. The number of aromatic nitrogens is 1. The Bertz CT molecular complexity index is 362. The molecule has 0 spiro atoms. The van der Waals surface area contributed by atoms with Gasteiger partial charge in [0.25, 0.3) is 0 Å². The Morgan fingerprint density at radius 1 is 1.13 bits per heavy atom. The maximum absolute atomic E-state index is 4.78. The van der Waals surface area contributed by atoms with E-state index in [1.807, 2.05) is 0 Å². The third-order valence-corrected chi connectivity index (χ3v) is 3.94. The summed E-state index contributed by atoms with van der Waals surface area (Å²) in [5.74, 6) is 0. The first-order valence-corrected chi connectivity index (χ1v) is 7.63. The topological polar surface area (TPSA) is 12.9 Å². The fourth-order valence-electron chi connectivity index (χ4n) is 1.58. The summed E-state index contributed by atoms with van der Waals surface area (Å²) in [5, 5.41) is 0. The Balaban J connectivity index is 3.42. The summed E-state index contributed by atoms with van der Waals surface area (Å²) in [6.45, 7) is 11.0. The summed E-state index contributed by atoms with van der Waals surface area (Å²) in [7, 11) is -0.0717. The van der Waals surface area contributed by atoms with E-state index >= 15 is 0 Å². The number of pyridine rings is 1. The predicted octanol–water partition coefficient (Wildman–Crippen LogP) is 3.62. The van der Waals surface area contributed by atoms with E-state index in [-0.39, 0.29) is 16.3 Å². The molecule has 0 fully saturated rings. The van der Waals surface area contributed by atoms with Crippen molar-refractivity contribution in [2.45, 2.75) is 44.9 Å². The lowest BCUT2D eigenvalue weighted by molar-refractivity contribution is 0.552. The summed E-state index contributed by atoms with van der Waals surface area (Å²) >= 11 is 0. The van der Waals surface area contributed by atoms with Crippen molar-refractivity contribution >= 4 is 10.9 Å². The van der Waals surface area contributed by atoms with Crippen LogP contribution in [0.4, 0.5) is 0 Å². The van der Waals surface area contributed by atoms with Crippen LogP contribution in [0.15, 0.2) is 11.0 Å². The summed E-state index contributed by atoms with van der Waals surface area (Å²) in [5.41, 5.74) is 3.91. The van der Waals surface area contributed by atoms with Crippen LogP contribution < -0.4 is 0 Å². The molecule has 0 saturated carbocycles. The van der Waals surface area contributed by atoms with E-state index in [1.165, 1.54) is 21.8 Å². The third kappa shape index (κ3) is 2.75. The number of hydrogen-bond donors (Lipinski definition) is 1. The fraction of sp³-hybridized carbons (Fsp3) is 0.615. The van der Waals surface area contributed by atoms with Gasteiger partial charge in [0.1, 0.15) is 0 Å². The second-order valence-corrected chi connectivity index (χ2v) is 7.67. The van der Waals surface area contributed by atoms with Gasteiger partial charge in [0.15, 0.2) is 0 Å². The first kappa shape index (κ1) is 12.6. The van der Waals surface area contributed by atoms with Gasteiger partial charge in [-0.15, -0.1) is 0 Å². The molecule has 0 saturated heterocycles. The SMILES string of the molecule is Cc1cc([SH](C)C)c(C(C)(C)C)nc1C. The third-order valence-electron chi connectivity index (χ3n) is 2.64. The average molecular weight is 225 g/mol. The zero-order valence-corrected chi connectivity index (χ0v) is 11.9. The molecule has 0 aliphatic rings. The summed E-state index contributed by atoms with van der Waals surface area (Å²) in [6, 6.07) is 2.33. The lowest BCUT2D eigenvalue weighted by Gasteiger charge is -2.25. The molecular weight excluding hydrogens is 202 g/mol. The molecule has 0 radical (unpaired) electrons. The fourth-order valence-corrected chi connectivity index (χ4v) is 2.84. The van der Waals surface area contributed by atoms with E-state index in [1.54, 1.807) is 0 Å². The van der Waals surface area contributed by atoms with Crippen LogP contribution in [0.5, 0.6) is 0 Å². The summed E-state index contributed by atoms with van der Waals surface area (Å²) in [4.78, 5) is 6.24. The zero-order valence-electron chi connectivity index (χ0n) is 11.0. The molecule has 1 aromatic heterocycles. The first-order valence-electron chi connectivity index (χ1n) is 5.39. The Morgan fingerprint density at radius 3 is 2.07 bits per heavy atom. The highest BCUT2D eigenvalue weighted by molar-refractivity contribution is 8.15.